The predicted octanol–water partition coefficient (Wildman–Crippen LogP) is 5.33. The van der Waals surface area contributed by atoms with Crippen LogP contribution >= 0.6 is 0 Å². The van der Waals surface area contributed by atoms with E-state index in [9.17, 15) is 0 Å². The first-order chi connectivity index (χ1) is 12.6. The summed E-state index contributed by atoms with van der Waals surface area (Å²) in [4.78, 5) is 12.9. The Balaban J connectivity index is 2.28. The summed E-state index contributed by atoms with van der Waals surface area (Å²) in [6.45, 7) is 16.0. The third-order valence-electron chi connectivity index (χ3n) is 5.96. The summed E-state index contributed by atoms with van der Waals surface area (Å²) in [6, 6.07) is 0.139. The fourth-order valence-corrected chi connectivity index (χ4v) is 4.50. The van der Waals surface area contributed by atoms with Crippen molar-refractivity contribution in [2.75, 3.05) is 5.73 Å². The first-order valence-corrected chi connectivity index (χ1v) is 13.1. The molecule has 2 heterocycles. The summed E-state index contributed by atoms with van der Waals surface area (Å²) < 4.78 is 8.97. The second-order valence-electron chi connectivity index (χ2n) is 9.09. The van der Waals surface area contributed by atoms with Gasteiger partial charge in [0, 0.05) is 0 Å². The zero-order chi connectivity index (χ0) is 20.2. The highest BCUT2D eigenvalue weighted by atomic mass is 28.4. The molecular weight excluding hydrogens is 354 g/mol. The van der Waals surface area contributed by atoms with Gasteiger partial charge in [0.15, 0.2) is 19.8 Å². The van der Waals surface area contributed by atoms with E-state index in [-0.39, 0.29) is 17.2 Å². The third kappa shape index (κ3) is 5.07. The van der Waals surface area contributed by atoms with Crippen LogP contribution in [0.4, 0.5) is 5.82 Å². The van der Waals surface area contributed by atoms with Crippen LogP contribution < -0.4 is 5.73 Å². The van der Waals surface area contributed by atoms with Gasteiger partial charge in [-0.1, -0.05) is 53.4 Å². The van der Waals surface area contributed by atoms with Gasteiger partial charge in [-0.15, -0.1) is 0 Å². The second-order valence-corrected chi connectivity index (χ2v) is 13.8. The van der Waals surface area contributed by atoms with E-state index in [1.807, 2.05) is 6.33 Å². The molecule has 0 unspecified atom stereocenters. The topological polar surface area (TPSA) is 78.9 Å². The first-order valence-electron chi connectivity index (χ1n) is 10.2. The molecule has 0 saturated carbocycles. The largest absolute Gasteiger partial charge is 0.412 e. The normalized spacial score (nSPS) is 15.2. The van der Waals surface area contributed by atoms with Crippen molar-refractivity contribution in [3.05, 3.63) is 12.7 Å². The van der Waals surface area contributed by atoms with E-state index in [0.29, 0.717) is 11.3 Å². The van der Waals surface area contributed by atoms with Crippen molar-refractivity contribution in [2.45, 2.75) is 97.0 Å². The SMILES string of the molecule is CCCCCC[C@@H](O[Si](C)(C)C(C)(C)C)[C@H](C)n1cnc2c(N)ncnc21. The number of fused-ring (bicyclic) bond motifs is 1. The first kappa shape index (κ1) is 21.8. The van der Waals surface area contributed by atoms with Gasteiger partial charge in [-0.05, 0) is 31.5 Å². The van der Waals surface area contributed by atoms with E-state index in [4.69, 9.17) is 10.2 Å². The lowest BCUT2D eigenvalue weighted by atomic mass is 10.0. The number of rotatable bonds is 9. The van der Waals surface area contributed by atoms with Gasteiger partial charge in [-0.25, -0.2) is 15.0 Å². The molecule has 0 amide bonds. The van der Waals surface area contributed by atoms with E-state index >= 15 is 0 Å². The molecule has 2 atom stereocenters. The number of hydrogen-bond acceptors (Lipinski definition) is 5. The van der Waals surface area contributed by atoms with E-state index in [0.717, 1.165) is 12.1 Å². The lowest BCUT2D eigenvalue weighted by Gasteiger charge is -2.41. The lowest BCUT2D eigenvalue weighted by molar-refractivity contribution is 0.118. The van der Waals surface area contributed by atoms with Crippen molar-refractivity contribution in [1.82, 2.24) is 19.5 Å². The van der Waals surface area contributed by atoms with Crippen molar-refractivity contribution in [3.63, 3.8) is 0 Å². The zero-order valence-corrected chi connectivity index (χ0v) is 19.1. The number of nitrogen functional groups attached to an aromatic ring is 1. The Morgan fingerprint density at radius 3 is 2.48 bits per heavy atom. The molecule has 0 aliphatic rings. The minimum atomic E-state index is -1.88. The maximum Gasteiger partial charge on any atom is 0.192 e. The van der Waals surface area contributed by atoms with Crippen LogP contribution in [0.2, 0.25) is 18.1 Å². The Bertz CT molecular complexity index is 738. The molecule has 2 aromatic heterocycles. The smallest absolute Gasteiger partial charge is 0.192 e. The van der Waals surface area contributed by atoms with Crippen molar-refractivity contribution in [1.29, 1.82) is 0 Å². The number of nitrogens with zero attached hydrogens (tertiary/aromatic N) is 4. The quantitative estimate of drug-likeness (QED) is 0.461. The van der Waals surface area contributed by atoms with Crippen molar-refractivity contribution in [2.24, 2.45) is 0 Å². The summed E-state index contributed by atoms with van der Waals surface area (Å²) >= 11 is 0. The van der Waals surface area contributed by atoms with Gasteiger partial charge in [-0.2, -0.15) is 0 Å². The fraction of sp³-hybridized carbons (Fsp3) is 0.750. The van der Waals surface area contributed by atoms with Gasteiger partial charge in [0.05, 0.1) is 18.5 Å². The second kappa shape index (κ2) is 8.69. The molecule has 0 aliphatic carbocycles. The third-order valence-corrected chi connectivity index (χ3v) is 10.5. The number of nitrogens with two attached hydrogens (primary N) is 1. The van der Waals surface area contributed by atoms with E-state index in [1.165, 1.54) is 32.0 Å². The molecular formula is C20H37N5OSi. The van der Waals surface area contributed by atoms with Crippen LogP contribution in [-0.4, -0.2) is 33.9 Å². The molecule has 0 radical (unpaired) electrons. The molecule has 0 spiro atoms. The summed E-state index contributed by atoms with van der Waals surface area (Å²) in [5.41, 5.74) is 7.42. The van der Waals surface area contributed by atoms with Crippen LogP contribution in [0.15, 0.2) is 12.7 Å². The molecule has 2 rings (SSSR count). The van der Waals surface area contributed by atoms with E-state index in [1.54, 1.807) is 0 Å². The fourth-order valence-electron chi connectivity index (χ4n) is 3.07. The Morgan fingerprint density at radius 2 is 1.85 bits per heavy atom. The molecule has 152 valence electrons. The van der Waals surface area contributed by atoms with Gasteiger partial charge in [0.1, 0.15) is 11.8 Å². The van der Waals surface area contributed by atoms with Crippen LogP contribution in [0.3, 0.4) is 0 Å². The zero-order valence-electron chi connectivity index (χ0n) is 18.1. The Labute approximate surface area is 165 Å². The van der Waals surface area contributed by atoms with Gasteiger partial charge in [0.25, 0.3) is 0 Å². The Hall–Kier alpha value is -1.47. The summed E-state index contributed by atoms with van der Waals surface area (Å²) in [6.07, 6.45) is 9.47. The number of hydrogen-bond donors (Lipinski definition) is 1. The molecule has 2 aromatic rings. The van der Waals surface area contributed by atoms with Crippen molar-refractivity contribution < 1.29 is 4.43 Å². The lowest BCUT2D eigenvalue weighted by Crippen LogP contribution is -2.45. The Kier molecular flexibility index (Phi) is 7.02. The highest BCUT2D eigenvalue weighted by molar-refractivity contribution is 6.74. The highest BCUT2D eigenvalue weighted by Crippen LogP contribution is 2.39. The molecule has 0 saturated heterocycles. The van der Waals surface area contributed by atoms with E-state index in [2.05, 4.69) is 67.2 Å². The molecule has 7 heteroatoms. The minimum Gasteiger partial charge on any atom is -0.412 e. The standard InChI is InChI=1S/C20H37N5OSi/c1-8-9-10-11-12-16(26-27(6,7)20(3,4)5)15(2)25-14-24-17-18(21)22-13-23-19(17)25/h13-16H,8-12H2,1-7H3,(H2,21,22,23)/t15-,16+/m0/s1. The molecule has 0 aromatic carbocycles. The van der Waals surface area contributed by atoms with Crippen LogP contribution in [-0.2, 0) is 4.43 Å². The monoisotopic (exact) mass is 391 g/mol. The number of aromatic nitrogens is 4. The molecule has 0 aliphatic heterocycles. The predicted molar refractivity (Wildman–Crippen MR) is 115 cm³/mol. The van der Waals surface area contributed by atoms with E-state index < -0.39 is 8.32 Å². The van der Waals surface area contributed by atoms with Gasteiger partial charge < -0.3 is 14.7 Å². The molecule has 0 bridgehead atoms. The number of imidazole rings is 1. The molecule has 2 N–H and O–H groups in total. The van der Waals surface area contributed by atoms with Crippen LogP contribution in [0.1, 0.15) is 72.8 Å². The molecule has 6 nitrogen and oxygen atoms in total. The number of anilines is 1. The maximum atomic E-state index is 6.86. The molecule has 0 fully saturated rings. The summed E-state index contributed by atoms with van der Waals surface area (Å²) in [7, 11) is -1.88. The number of unbranched alkanes of at least 4 members (excludes halogenated alkanes) is 3. The summed E-state index contributed by atoms with van der Waals surface area (Å²) in [5.74, 6) is 0.427. The van der Waals surface area contributed by atoms with Gasteiger partial charge >= 0.3 is 0 Å². The van der Waals surface area contributed by atoms with Crippen molar-refractivity contribution >= 4 is 25.3 Å². The molecule has 27 heavy (non-hydrogen) atoms. The highest BCUT2D eigenvalue weighted by Gasteiger charge is 2.40. The Morgan fingerprint density at radius 1 is 1.15 bits per heavy atom. The maximum absolute atomic E-state index is 6.86. The summed E-state index contributed by atoms with van der Waals surface area (Å²) in [5, 5.41) is 0.179. The van der Waals surface area contributed by atoms with Crippen molar-refractivity contribution in [3.8, 4) is 0 Å². The van der Waals surface area contributed by atoms with Crippen LogP contribution in [0.5, 0.6) is 0 Å². The van der Waals surface area contributed by atoms with Gasteiger partial charge in [-0.3, -0.25) is 0 Å². The average Bonchev–Trinajstić information content (AvgIpc) is 3.01. The average molecular weight is 392 g/mol. The van der Waals surface area contributed by atoms with Crippen LogP contribution in [0.25, 0.3) is 11.2 Å². The van der Waals surface area contributed by atoms with Gasteiger partial charge in [0.2, 0.25) is 0 Å². The van der Waals surface area contributed by atoms with Crippen LogP contribution in [0, 0.1) is 0 Å². The minimum absolute atomic E-state index is 0.135.